The highest BCUT2D eigenvalue weighted by molar-refractivity contribution is 6.19. The number of carbonyl (C=O) groups is 3. The molecule has 2 aromatic rings. The number of benzene rings is 1. The van der Waals surface area contributed by atoms with Gasteiger partial charge in [0, 0.05) is 19.0 Å². The third-order valence-corrected chi connectivity index (χ3v) is 5.03. The van der Waals surface area contributed by atoms with Crippen molar-refractivity contribution in [3.63, 3.8) is 0 Å². The summed E-state index contributed by atoms with van der Waals surface area (Å²) < 4.78 is 1.72. The van der Waals surface area contributed by atoms with E-state index in [0.717, 1.165) is 11.3 Å². The Labute approximate surface area is 173 Å². The molecule has 2 amide bonds. The average molecular weight is 412 g/mol. The molecule has 1 aromatic carbocycles. The van der Waals surface area contributed by atoms with E-state index in [0.29, 0.717) is 5.69 Å². The first-order chi connectivity index (χ1) is 14.1. The second-order valence-corrected chi connectivity index (χ2v) is 7.79. The normalized spacial score (nSPS) is 16.0. The van der Waals surface area contributed by atoms with Crippen LogP contribution in [0.2, 0.25) is 0 Å². The summed E-state index contributed by atoms with van der Waals surface area (Å²) in [6.07, 6.45) is 0.0624. The summed E-state index contributed by atoms with van der Waals surface area (Å²) in [6, 6.07) is 11.6. The van der Waals surface area contributed by atoms with Crippen molar-refractivity contribution in [2.45, 2.75) is 32.4 Å². The predicted octanol–water partition coefficient (Wildman–Crippen LogP) is 1.61. The molecule has 0 aliphatic carbocycles. The second-order valence-electron chi connectivity index (χ2n) is 7.79. The molecule has 30 heavy (non-hydrogen) atoms. The quantitative estimate of drug-likeness (QED) is 0.619. The lowest BCUT2D eigenvalue weighted by atomic mass is 9.89. The summed E-state index contributed by atoms with van der Waals surface area (Å²) in [4.78, 5) is 37.6. The van der Waals surface area contributed by atoms with E-state index in [2.05, 4.69) is 10.4 Å². The van der Waals surface area contributed by atoms with Crippen LogP contribution in [0.25, 0.3) is 11.3 Å². The minimum Gasteiger partial charge on any atom is -0.511 e. The molecule has 1 aromatic heterocycles. The van der Waals surface area contributed by atoms with Gasteiger partial charge in [0.2, 0.25) is 0 Å². The van der Waals surface area contributed by atoms with Crippen LogP contribution in [0.15, 0.2) is 47.7 Å². The van der Waals surface area contributed by atoms with E-state index in [1.807, 2.05) is 43.4 Å². The van der Waals surface area contributed by atoms with Gasteiger partial charge in [-0.3, -0.25) is 19.1 Å². The fraction of sp³-hybridized carbons (Fsp3) is 0.333. The van der Waals surface area contributed by atoms with E-state index < -0.39 is 35.4 Å². The van der Waals surface area contributed by atoms with Crippen LogP contribution in [0.1, 0.15) is 26.0 Å². The molecule has 0 atom stereocenters. The number of hydrogen-bond donors (Lipinski definition) is 3. The van der Waals surface area contributed by atoms with Gasteiger partial charge in [-0.05, 0) is 25.5 Å². The monoisotopic (exact) mass is 412 g/mol. The molecule has 0 unspecified atom stereocenters. The number of nitrogens with zero attached hydrogens (tertiary/aromatic N) is 3. The highest BCUT2D eigenvalue weighted by atomic mass is 16.4. The number of carboxylic acid groups (broad SMARTS) is 1. The largest absolute Gasteiger partial charge is 0.511 e. The van der Waals surface area contributed by atoms with Crippen LogP contribution >= 0.6 is 0 Å². The van der Waals surface area contributed by atoms with Gasteiger partial charge < -0.3 is 20.4 Å². The third kappa shape index (κ3) is 4.19. The zero-order valence-electron chi connectivity index (χ0n) is 17.0. The summed E-state index contributed by atoms with van der Waals surface area (Å²) in [6.45, 7) is 3.06. The smallest absolute Gasteiger partial charge is 0.322 e. The number of rotatable bonds is 6. The first-order valence-electron chi connectivity index (χ1n) is 9.42. The summed E-state index contributed by atoms with van der Waals surface area (Å²) >= 11 is 0. The summed E-state index contributed by atoms with van der Waals surface area (Å²) in [5, 5.41) is 25.7. The number of carbonyl (C=O) groups excluding carboxylic acids is 2. The summed E-state index contributed by atoms with van der Waals surface area (Å²) in [7, 11) is 1.81. The molecule has 2 heterocycles. The van der Waals surface area contributed by atoms with Crippen LogP contribution in [0.3, 0.4) is 0 Å². The Morgan fingerprint density at radius 1 is 1.23 bits per heavy atom. The predicted molar refractivity (Wildman–Crippen MR) is 108 cm³/mol. The molecule has 9 heteroatoms. The van der Waals surface area contributed by atoms with Crippen molar-refractivity contribution in [2.75, 3.05) is 6.54 Å². The average Bonchev–Trinajstić information content (AvgIpc) is 3.04. The minimum atomic E-state index is -1.24. The molecule has 0 spiro atoms. The van der Waals surface area contributed by atoms with Crippen molar-refractivity contribution in [3.05, 3.63) is 53.4 Å². The van der Waals surface area contributed by atoms with Gasteiger partial charge in [0.15, 0.2) is 0 Å². The number of aryl methyl sites for hydroxylation is 1. The van der Waals surface area contributed by atoms with E-state index in [-0.39, 0.29) is 18.7 Å². The topological polar surface area (TPSA) is 125 Å². The molecule has 9 nitrogen and oxygen atoms in total. The number of hydrogen-bond acceptors (Lipinski definition) is 5. The maximum Gasteiger partial charge on any atom is 0.322 e. The van der Waals surface area contributed by atoms with Gasteiger partial charge in [0.25, 0.3) is 11.8 Å². The molecule has 0 fully saturated rings. The van der Waals surface area contributed by atoms with Crippen LogP contribution in [0.4, 0.5) is 0 Å². The highest BCUT2D eigenvalue weighted by Gasteiger charge is 2.42. The lowest BCUT2D eigenvalue weighted by molar-refractivity contribution is -0.140. The fourth-order valence-corrected chi connectivity index (χ4v) is 3.53. The minimum absolute atomic E-state index is 0.0624. The Bertz CT molecular complexity index is 1020. The number of amides is 2. The number of aliphatic hydroxyl groups excluding tert-OH is 1. The molecule has 1 aliphatic heterocycles. The molecular formula is C21H24N4O5. The molecule has 158 valence electrons. The molecular weight excluding hydrogens is 388 g/mol. The third-order valence-electron chi connectivity index (χ3n) is 5.03. The van der Waals surface area contributed by atoms with Gasteiger partial charge in [-0.1, -0.05) is 30.3 Å². The molecule has 0 bridgehead atoms. The maximum absolute atomic E-state index is 13.1. The second kappa shape index (κ2) is 8.02. The van der Waals surface area contributed by atoms with E-state index in [9.17, 15) is 19.5 Å². The van der Waals surface area contributed by atoms with Crippen LogP contribution in [0, 0.1) is 0 Å². The van der Waals surface area contributed by atoms with Gasteiger partial charge in [0.1, 0.15) is 17.9 Å². The van der Waals surface area contributed by atoms with Crippen LogP contribution in [-0.4, -0.2) is 54.8 Å². The molecule has 3 N–H and O–H groups in total. The number of aliphatic hydroxyl groups is 1. The molecule has 0 saturated carbocycles. The standard InChI is InChI=1S/C21H24N4O5/c1-21(2)10-16(26)18(19(29)22-11-17(27)28)20(30)25(21)12-14-9-15(24(3)23-14)13-7-5-4-6-8-13/h4-9,26H,10-12H2,1-3H3,(H,22,29)(H,27,28). The first-order valence-corrected chi connectivity index (χ1v) is 9.42. The zero-order valence-corrected chi connectivity index (χ0v) is 17.0. The Morgan fingerprint density at radius 3 is 2.53 bits per heavy atom. The van der Waals surface area contributed by atoms with Crippen molar-refractivity contribution >= 4 is 17.8 Å². The first kappa shape index (κ1) is 21.1. The van der Waals surface area contributed by atoms with Crippen molar-refractivity contribution in [1.82, 2.24) is 20.0 Å². The molecule has 1 aliphatic rings. The number of aliphatic carboxylic acids is 1. The molecule has 3 rings (SSSR count). The SMILES string of the molecule is Cn1nc(CN2C(=O)C(C(=O)NCC(=O)O)=C(O)CC2(C)C)cc1-c1ccccc1. The van der Waals surface area contributed by atoms with Gasteiger partial charge in [-0.2, -0.15) is 5.10 Å². The van der Waals surface area contributed by atoms with Crippen molar-refractivity contribution in [1.29, 1.82) is 0 Å². The number of nitrogens with one attached hydrogen (secondary N) is 1. The number of aromatic nitrogens is 2. The Hall–Kier alpha value is -3.62. The van der Waals surface area contributed by atoms with Crippen molar-refractivity contribution < 1.29 is 24.6 Å². The summed E-state index contributed by atoms with van der Waals surface area (Å²) in [5.74, 6) is -3.18. The lowest BCUT2D eigenvalue weighted by Crippen LogP contribution is -2.53. The van der Waals surface area contributed by atoms with E-state index in [1.165, 1.54) is 4.90 Å². The summed E-state index contributed by atoms with van der Waals surface area (Å²) in [5.41, 5.74) is 1.29. The van der Waals surface area contributed by atoms with E-state index >= 15 is 0 Å². The van der Waals surface area contributed by atoms with Crippen molar-refractivity contribution in [2.24, 2.45) is 7.05 Å². The van der Waals surface area contributed by atoms with Gasteiger partial charge in [-0.15, -0.1) is 0 Å². The lowest BCUT2D eigenvalue weighted by Gasteiger charge is -2.41. The van der Waals surface area contributed by atoms with E-state index in [1.54, 1.807) is 18.5 Å². The Morgan fingerprint density at radius 2 is 1.90 bits per heavy atom. The van der Waals surface area contributed by atoms with Gasteiger partial charge in [-0.25, -0.2) is 0 Å². The van der Waals surface area contributed by atoms with Crippen LogP contribution in [0.5, 0.6) is 0 Å². The number of carboxylic acids is 1. The highest BCUT2D eigenvalue weighted by Crippen LogP contribution is 2.33. The zero-order chi connectivity index (χ0) is 22.1. The van der Waals surface area contributed by atoms with Crippen molar-refractivity contribution in [3.8, 4) is 11.3 Å². The Kier molecular flexibility index (Phi) is 5.64. The molecule has 0 radical (unpaired) electrons. The Balaban J connectivity index is 1.88. The van der Waals surface area contributed by atoms with Crippen LogP contribution < -0.4 is 5.32 Å². The molecule has 0 saturated heterocycles. The maximum atomic E-state index is 13.1. The fourth-order valence-electron chi connectivity index (χ4n) is 3.53. The van der Waals surface area contributed by atoms with Crippen LogP contribution in [-0.2, 0) is 28.0 Å². The van der Waals surface area contributed by atoms with E-state index in [4.69, 9.17) is 5.11 Å². The van der Waals surface area contributed by atoms with Gasteiger partial charge >= 0.3 is 5.97 Å². The van der Waals surface area contributed by atoms with Gasteiger partial charge in [0.05, 0.1) is 17.9 Å².